The van der Waals surface area contributed by atoms with Crippen LogP contribution >= 0.6 is 12.6 Å². The van der Waals surface area contributed by atoms with Gasteiger partial charge < -0.3 is 10.1 Å². The monoisotopic (exact) mass is 437 g/mol. The summed E-state index contributed by atoms with van der Waals surface area (Å²) in [4.78, 5) is 0. The van der Waals surface area contributed by atoms with E-state index in [1.165, 1.54) is 27.5 Å². The summed E-state index contributed by atoms with van der Waals surface area (Å²) >= 11 is 5.13. The molecule has 160 valence electrons. The molecule has 0 amide bonds. The molecule has 1 unspecified atom stereocenters. The number of para-hydroxylation sites is 1. The highest BCUT2D eigenvalue weighted by Crippen LogP contribution is 2.45. The maximum Gasteiger partial charge on any atom is 0.126 e. The summed E-state index contributed by atoms with van der Waals surface area (Å²) in [5, 5.41) is 6.12. The molecule has 0 aromatic heterocycles. The van der Waals surface area contributed by atoms with Gasteiger partial charge in [-0.25, -0.2) is 0 Å². The van der Waals surface area contributed by atoms with Crippen molar-refractivity contribution in [3.05, 3.63) is 102 Å². The van der Waals surface area contributed by atoms with Crippen molar-refractivity contribution in [2.24, 2.45) is 0 Å². The Balaban J connectivity index is 1.62. The van der Waals surface area contributed by atoms with Crippen LogP contribution in [-0.2, 0) is 0 Å². The summed E-state index contributed by atoms with van der Waals surface area (Å²) < 4.78 is 5.62. The van der Waals surface area contributed by atoms with Crippen LogP contribution in [0.25, 0.3) is 27.5 Å². The Bertz CT molecular complexity index is 1340. The molecule has 1 aliphatic rings. The predicted octanol–water partition coefficient (Wildman–Crippen LogP) is 7.77. The van der Waals surface area contributed by atoms with E-state index in [1.54, 1.807) is 7.11 Å². The van der Waals surface area contributed by atoms with Gasteiger partial charge in [0.15, 0.2) is 0 Å². The van der Waals surface area contributed by atoms with Crippen LogP contribution in [0.15, 0.2) is 91.0 Å². The minimum atomic E-state index is -0.161. The van der Waals surface area contributed by atoms with E-state index in [-0.39, 0.29) is 10.8 Å². The largest absolute Gasteiger partial charge is 0.496 e. The van der Waals surface area contributed by atoms with Crippen molar-refractivity contribution in [3.8, 4) is 16.9 Å². The number of hydrogen-bond acceptors (Lipinski definition) is 3. The van der Waals surface area contributed by atoms with Crippen LogP contribution in [0.5, 0.6) is 5.75 Å². The molecule has 1 heterocycles. The van der Waals surface area contributed by atoms with Crippen LogP contribution in [0.1, 0.15) is 30.2 Å². The van der Waals surface area contributed by atoms with E-state index in [4.69, 9.17) is 17.4 Å². The minimum absolute atomic E-state index is 0.0346. The molecule has 0 saturated heterocycles. The van der Waals surface area contributed by atoms with Gasteiger partial charge in [0.1, 0.15) is 5.75 Å². The molecule has 1 atom stereocenters. The molecular formula is C29H27NOS. The van der Waals surface area contributed by atoms with E-state index in [1.807, 2.05) is 18.2 Å². The third kappa shape index (κ3) is 3.78. The van der Waals surface area contributed by atoms with Crippen molar-refractivity contribution >= 4 is 34.7 Å². The summed E-state index contributed by atoms with van der Waals surface area (Å²) in [7, 11) is 1.72. The first-order valence-electron chi connectivity index (χ1n) is 10.9. The van der Waals surface area contributed by atoms with E-state index in [0.717, 1.165) is 22.6 Å². The third-order valence-electron chi connectivity index (χ3n) is 6.11. The highest BCUT2D eigenvalue weighted by Gasteiger charge is 2.28. The molecule has 2 nitrogen and oxygen atoms in total. The summed E-state index contributed by atoms with van der Waals surface area (Å²) in [5.74, 6) is 0.874. The Morgan fingerprint density at radius 1 is 0.812 bits per heavy atom. The lowest BCUT2D eigenvalue weighted by Gasteiger charge is -2.34. The van der Waals surface area contributed by atoms with Gasteiger partial charge in [0.05, 0.1) is 17.9 Å². The van der Waals surface area contributed by atoms with E-state index >= 15 is 0 Å². The van der Waals surface area contributed by atoms with Gasteiger partial charge in [-0.15, -0.1) is 0 Å². The van der Waals surface area contributed by atoms with Crippen molar-refractivity contribution < 1.29 is 4.74 Å². The number of benzene rings is 4. The van der Waals surface area contributed by atoms with Gasteiger partial charge in [0.25, 0.3) is 0 Å². The van der Waals surface area contributed by atoms with Gasteiger partial charge in [-0.1, -0.05) is 66.7 Å². The number of fused-ring (bicyclic) bond motifs is 2. The highest BCUT2D eigenvalue weighted by molar-refractivity contribution is 7.81. The standard InChI is InChI=1S/C29H27NOS/c1-29(2)18-25(28(32)22-13-12-19-8-4-5-9-20(19)16-22)24-17-21(14-15-26(24)30-29)23-10-6-7-11-27(23)31-3/h4-18,28,30,32H,1-3H3. The van der Waals surface area contributed by atoms with Gasteiger partial charge in [-0.3, -0.25) is 0 Å². The van der Waals surface area contributed by atoms with Crippen LogP contribution in [0.3, 0.4) is 0 Å². The number of hydrogen-bond donors (Lipinski definition) is 2. The Kier molecular flexibility index (Phi) is 5.22. The fraction of sp³-hybridized carbons (Fsp3) is 0.172. The molecular weight excluding hydrogens is 410 g/mol. The molecule has 0 fully saturated rings. The smallest absolute Gasteiger partial charge is 0.126 e. The minimum Gasteiger partial charge on any atom is -0.496 e. The van der Waals surface area contributed by atoms with Crippen molar-refractivity contribution in [1.29, 1.82) is 0 Å². The Morgan fingerprint density at radius 2 is 1.56 bits per heavy atom. The first-order chi connectivity index (χ1) is 15.4. The van der Waals surface area contributed by atoms with Gasteiger partial charge in [-0.2, -0.15) is 12.6 Å². The predicted molar refractivity (Wildman–Crippen MR) is 140 cm³/mol. The van der Waals surface area contributed by atoms with E-state index in [2.05, 4.69) is 92.0 Å². The molecule has 0 spiro atoms. The maximum atomic E-state index is 5.62. The number of ether oxygens (including phenoxy) is 1. The molecule has 0 saturated carbocycles. The summed E-state index contributed by atoms with van der Waals surface area (Å²) in [6.45, 7) is 4.40. The second kappa shape index (κ2) is 8.07. The lowest BCUT2D eigenvalue weighted by Crippen LogP contribution is -2.32. The van der Waals surface area contributed by atoms with Crippen LogP contribution in [0, 0.1) is 0 Å². The Hall–Kier alpha value is -3.17. The maximum absolute atomic E-state index is 5.62. The first-order valence-corrected chi connectivity index (χ1v) is 11.4. The lowest BCUT2D eigenvalue weighted by molar-refractivity contribution is 0.416. The van der Waals surface area contributed by atoms with Gasteiger partial charge in [-0.05, 0) is 65.6 Å². The van der Waals surface area contributed by atoms with Crippen LogP contribution in [0.4, 0.5) is 5.69 Å². The number of thiol groups is 1. The Labute approximate surface area is 195 Å². The topological polar surface area (TPSA) is 21.3 Å². The SMILES string of the molecule is COc1ccccc1-c1ccc2c(c1)C(C(S)c1ccc3ccccc3c1)=CC(C)(C)N2. The third-order valence-corrected chi connectivity index (χ3v) is 6.68. The highest BCUT2D eigenvalue weighted by atomic mass is 32.1. The van der Waals surface area contributed by atoms with E-state index < -0.39 is 0 Å². The van der Waals surface area contributed by atoms with Crippen LogP contribution in [0.2, 0.25) is 0 Å². The normalized spacial score (nSPS) is 15.4. The van der Waals surface area contributed by atoms with Crippen molar-refractivity contribution in [2.45, 2.75) is 24.6 Å². The van der Waals surface area contributed by atoms with Crippen molar-refractivity contribution in [3.63, 3.8) is 0 Å². The average molecular weight is 438 g/mol. The molecule has 4 aromatic carbocycles. The van der Waals surface area contributed by atoms with E-state index in [0.29, 0.717) is 0 Å². The molecule has 0 bridgehead atoms. The Morgan fingerprint density at radius 3 is 2.38 bits per heavy atom. The van der Waals surface area contributed by atoms with Gasteiger partial charge >= 0.3 is 0 Å². The number of anilines is 1. The van der Waals surface area contributed by atoms with Gasteiger partial charge in [0, 0.05) is 16.8 Å². The zero-order valence-corrected chi connectivity index (χ0v) is 19.5. The van der Waals surface area contributed by atoms with Crippen molar-refractivity contribution in [1.82, 2.24) is 0 Å². The lowest BCUT2D eigenvalue weighted by atomic mass is 9.85. The fourth-order valence-corrected chi connectivity index (χ4v) is 4.95. The molecule has 1 aliphatic heterocycles. The quantitative estimate of drug-likeness (QED) is 0.318. The van der Waals surface area contributed by atoms with Crippen LogP contribution < -0.4 is 10.1 Å². The zero-order valence-electron chi connectivity index (χ0n) is 18.6. The zero-order chi connectivity index (χ0) is 22.3. The molecule has 0 aliphatic carbocycles. The number of rotatable bonds is 4. The first kappa shape index (κ1) is 20.7. The van der Waals surface area contributed by atoms with Crippen molar-refractivity contribution in [2.75, 3.05) is 12.4 Å². The molecule has 5 rings (SSSR count). The molecule has 3 heteroatoms. The molecule has 1 N–H and O–H groups in total. The number of methoxy groups -OCH3 is 1. The average Bonchev–Trinajstić information content (AvgIpc) is 2.82. The molecule has 0 radical (unpaired) electrons. The number of nitrogens with one attached hydrogen (secondary N) is 1. The fourth-order valence-electron chi connectivity index (χ4n) is 4.58. The summed E-state index contributed by atoms with van der Waals surface area (Å²) in [6.07, 6.45) is 2.31. The van der Waals surface area contributed by atoms with Gasteiger partial charge in [0.2, 0.25) is 0 Å². The second-order valence-corrected chi connectivity index (χ2v) is 9.43. The molecule has 32 heavy (non-hydrogen) atoms. The van der Waals surface area contributed by atoms with Crippen LogP contribution in [-0.4, -0.2) is 12.6 Å². The summed E-state index contributed by atoms with van der Waals surface area (Å²) in [5.41, 5.74) is 6.79. The molecule has 4 aromatic rings. The second-order valence-electron chi connectivity index (χ2n) is 8.92. The van der Waals surface area contributed by atoms with E-state index in [9.17, 15) is 0 Å². The summed E-state index contributed by atoms with van der Waals surface area (Å²) in [6, 6.07) is 29.8.